The summed E-state index contributed by atoms with van der Waals surface area (Å²) in [5, 5.41) is 3.60. The SMILES string of the molecule is C[C@H](NC(=O)COC(=O)C[C@@H]1CCS(=O)(=O)C1)c1ccc(Cl)cc1Cl. The van der Waals surface area contributed by atoms with Crippen molar-refractivity contribution in [1.29, 1.82) is 0 Å². The molecule has 0 aromatic heterocycles. The summed E-state index contributed by atoms with van der Waals surface area (Å²) in [4.78, 5) is 23.6. The Morgan fingerprint density at radius 3 is 2.68 bits per heavy atom. The third-order valence-corrected chi connectivity index (χ3v) is 6.35. The number of carbonyl (C=O) groups excluding carboxylic acids is 2. The third kappa shape index (κ3) is 6.17. The molecule has 9 heteroatoms. The molecule has 0 aliphatic carbocycles. The molecule has 1 amide bonds. The highest BCUT2D eigenvalue weighted by molar-refractivity contribution is 7.91. The molecule has 0 unspecified atom stereocenters. The lowest BCUT2D eigenvalue weighted by molar-refractivity contribution is -0.149. The van der Waals surface area contributed by atoms with Crippen molar-refractivity contribution in [3.05, 3.63) is 33.8 Å². The summed E-state index contributed by atoms with van der Waals surface area (Å²) in [6.07, 6.45) is 0.459. The highest BCUT2D eigenvalue weighted by Crippen LogP contribution is 2.26. The van der Waals surface area contributed by atoms with E-state index >= 15 is 0 Å². The standard InChI is InChI=1S/C16H19Cl2NO5S/c1-10(13-3-2-12(17)7-14(13)18)19-15(20)8-24-16(21)6-11-4-5-25(22,23)9-11/h2-3,7,10-11H,4-6,8-9H2,1H3,(H,19,20)/t10-,11-/m0/s1. The zero-order valence-corrected chi connectivity index (χ0v) is 16.0. The molecule has 6 nitrogen and oxygen atoms in total. The van der Waals surface area contributed by atoms with Crippen LogP contribution >= 0.6 is 23.2 Å². The first-order chi connectivity index (χ1) is 11.7. The van der Waals surface area contributed by atoms with Crippen molar-refractivity contribution in [1.82, 2.24) is 5.32 Å². The Morgan fingerprint density at radius 1 is 1.36 bits per heavy atom. The first kappa shape index (κ1) is 20.0. The van der Waals surface area contributed by atoms with Gasteiger partial charge < -0.3 is 10.1 Å². The second kappa shape index (κ2) is 8.38. The van der Waals surface area contributed by atoms with Crippen molar-refractivity contribution in [3.8, 4) is 0 Å². The lowest BCUT2D eigenvalue weighted by Gasteiger charge is -2.16. The summed E-state index contributed by atoms with van der Waals surface area (Å²) >= 11 is 11.9. The second-order valence-corrected chi connectivity index (χ2v) is 9.16. The van der Waals surface area contributed by atoms with Gasteiger partial charge >= 0.3 is 5.97 Å². The largest absolute Gasteiger partial charge is 0.456 e. The molecule has 0 spiro atoms. The Morgan fingerprint density at radius 2 is 2.08 bits per heavy atom. The van der Waals surface area contributed by atoms with E-state index in [9.17, 15) is 18.0 Å². The van der Waals surface area contributed by atoms with Crippen LogP contribution in [0.4, 0.5) is 0 Å². The third-order valence-electron chi connectivity index (χ3n) is 3.95. The highest BCUT2D eigenvalue weighted by atomic mass is 35.5. The zero-order chi connectivity index (χ0) is 18.6. The van der Waals surface area contributed by atoms with Crippen molar-refractivity contribution < 1.29 is 22.7 Å². The van der Waals surface area contributed by atoms with Gasteiger partial charge in [0.15, 0.2) is 16.4 Å². The van der Waals surface area contributed by atoms with Gasteiger partial charge in [-0.3, -0.25) is 9.59 Å². The lowest BCUT2D eigenvalue weighted by Crippen LogP contribution is -2.31. The fourth-order valence-electron chi connectivity index (χ4n) is 2.69. The molecule has 1 aliphatic heterocycles. The van der Waals surface area contributed by atoms with E-state index in [0.29, 0.717) is 22.0 Å². The number of rotatable bonds is 6. The summed E-state index contributed by atoms with van der Waals surface area (Å²) in [6, 6.07) is 4.58. The van der Waals surface area contributed by atoms with Crippen LogP contribution in [0.5, 0.6) is 0 Å². The van der Waals surface area contributed by atoms with Crippen molar-refractivity contribution in [2.75, 3.05) is 18.1 Å². The van der Waals surface area contributed by atoms with Crippen molar-refractivity contribution in [2.24, 2.45) is 5.92 Å². The minimum Gasteiger partial charge on any atom is -0.456 e. The minimum absolute atomic E-state index is 0.000393. The monoisotopic (exact) mass is 407 g/mol. The number of nitrogens with one attached hydrogen (secondary N) is 1. The van der Waals surface area contributed by atoms with E-state index in [2.05, 4.69) is 5.32 Å². The van der Waals surface area contributed by atoms with E-state index in [0.717, 1.165) is 0 Å². The van der Waals surface area contributed by atoms with Gasteiger partial charge in [0.1, 0.15) is 0 Å². The van der Waals surface area contributed by atoms with Crippen molar-refractivity contribution in [2.45, 2.75) is 25.8 Å². The van der Waals surface area contributed by atoms with Crippen LogP contribution in [-0.4, -0.2) is 38.4 Å². The molecule has 2 atom stereocenters. The molecule has 0 saturated carbocycles. The van der Waals surface area contributed by atoms with Crippen LogP contribution in [0.2, 0.25) is 10.0 Å². The van der Waals surface area contributed by atoms with Crippen LogP contribution in [0.15, 0.2) is 18.2 Å². The van der Waals surface area contributed by atoms with Gasteiger partial charge in [-0.2, -0.15) is 0 Å². The summed E-state index contributed by atoms with van der Waals surface area (Å²) in [7, 11) is -3.04. The van der Waals surface area contributed by atoms with Crippen molar-refractivity contribution >= 4 is 44.9 Å². The van der Waals surface area contributed by atoms with Crippen LogP contribution in [-0.2, 0) is 24.2 Å². The van der Waals surface area contributed by atoms with Gasteiger partial charge in [0.2, 0.25) is 0 Å². The molecule has 1 aliphatic rings. The van der Waals surface area contributed by atoms with Gasteiger partial charge in [-0.15, -0.1) is 0 Å². The van der Waals surface area contributed by atoms with E-state index < -0.39 is 28.3 Å². The van der Waals surface area contributed by atoms with Gasteiger partial charge in [0, 0.05) is 16.5 Å². The zero-order valence-electron chi connectivity index (χ0n) is 13.6. The number of hydrogen-bond donors (Lipinski definition) is 1. The molecule has 1 aromatic rings. The van der Waals surface area contributed by atoms with Gasteiger partial charge in [-0.1, -0.05) is 29.3 Å². The Hall–Kier alpha value is -1.31. The number of carbonyl (C=O) groups is 2. The van der Waals surface area contributed by atoms with Crippen molar-refractivity contribution in [3.63, 3.8) is 0 Å². The maximum absolute atomic E-state index is 11.9. The minimum atomic E-state index is -3.04. The predicted molar refractivity (Wildman–Crippen MR) is 95.4 cm³/mol. The van der Waals surface area contributed by atoms with Gasteiger partial charge in [0.05, 0.1) is 17.5 Å². The number of benzene rings is 1. The Labute approximate surface area is 156 Å². The number of amides is 1. The molecule has 2 rings (SSSR count). The molecule has 1 aromatic carbocycles. The molecular weight excluding hydrogens is 389 g/mol. The van der Waals surface area contributed by atoms with E-state index in [1.807, 2.05) is 0 Å². The summed E-state index contributed by atoms with van der Waals surface area (Å²) in [6.45, 7) is 1.33. The molecule has 25 heavy (non-hydrogen) atoms. The Bertz CT molecular complexity index is 766. The first-order valence-electron chi connectivity index (χ1n) is 7.76. The quantitative estimate of drug-likeness (QED) is 0.731. The van der Waals surface area contributed by atoms with E-state index in [-0.39, 0.29) is 29.9 Å². The lowest BCUT2D eigenvalue weighted by atomic mass is 10.1. The molecule has 0 bridgehead atoms. The Balaban J connectivity index is 1.77. The average molecular weight is 408 g/mol. The maximum Gasteiger partial charge on any atom is 0.306 e. The number of sulfone groups is 1. The number of hydrogen-bond acceptors (Lipinski definition) is 5. The Kier molecular flexibility index (Phi) is 6.71. The molecule has 1 saturated heterocycles. The van der Waals surface area contributed by atoms with E-state index in [1.165, 1.54) is 0 Å². The summed E-state index contributed by atoms with van der Waals surface area (Å²) in [5.74, 6) is -1.17. The topological polar surface area (TPSA) is 89.5 Å². The average Bonchev–Trinajstić information content (AvgIpc) is 2.83. The molecule has 1 N–H and O–H groups in total. The van der Waals surface area contributed by atoms with Crippen LogP contribution in [0.1, 0.15) is 31.4 Å². The summed E-state index contributed by atoms with van der Waals surface area (Å²) < 4.78 is 27.6. The van der Waals surface area contributed by atoms with E-state index in [4.69, 9.17) is 27.9 Å². The summed E-state index contributed by atoms with van der Waals surface area (Å²) in [5.41, 5.74) is 0.696. The molecule has 138 valence electrons. The van der Waals surface area contributed by atoms with Crippen LogP contribution in [0.25, 0.3) is 0 Å². The van der Waals surface area contributed by atoms with Gasteiger partial charge in [0.25, 0.3) is 5.91 Å². The maximum atomic E-state index is 11.9. The van der Waals surface area contributed by atoms with Crippen LogP contribution in [0.3, 0.4) is 0 Å². The smallest absolute Gasteiger partial charge is 0.306 e. The van der Waals surface area contributed by atoms with Gasteiger partial charge in [-0.05, 0) is 37.0 Å². The molecular formula is C16H19Cl2NO5S. The van der Waals surface area contributed by atoms with Crippen LogP contribution in [0, 0.1) is 5.92 Å². The normalized spacial score (nSPS) is 20.0. The van der Waals surface area contributed by atoms with Gasteiger partial charge in [-0.25, -0.2) is 8.42 Å². The fourth-order valence-corrected chi connectivity index (χ4v) is 5.12. The predicted octanol–water partition coefficient (Wildman–Crippen LogP) is 2.54. The number of halogens is 2. The molecule has 1 heterocycles. The molecule has 1 fully saturated rings. The molecule has 0 radical (unpaired) electrons. The number of esters is 1. The van der Waals surface area contributed by atoms with E-state index in [1.54, 1.807) is 25.1 Å². The highest BCUT2D eigenvalue weighted by Gasteiger charge is 2.30. The first-order valence-corrected chi connectivity index (χ1v) is 10.3. The number of ether oxygens (including phenoxy) is 1. The second-order valence-electron chi connectivity index (χ2n) is 6.09. The van der Waals surface area contributed by atoms with Crippen LogP contribution < -0.4 is 5.32 Å². The fraction of sp³-hybridized carbons (Fsp3) is 0.500.